The Hall–Kier alpha value is -1.76. The zero-order chi connectivity index (χ0) is 16.7. The normalized spacial score (nSPS) is 10.2. The molecule has 2 rings (SSSR count). The average molecular weight is 374 g/mol. The molecule has 1 aromatic carbocycles. The van der Waals surface area contributed by atoms with Crippen LogP contribution < -0.4 is 10.1 Å². The number of halogens is 2. The zero-order valence-corrected chi connectivity index (χ0v) is 14.2. The van der Waals surface area contributed by atoms with Gasteiger partial charge in [-0.3, -0.25) is 9.59 Å². The second-order valence-corrected chi connectivity index (χ2v) is 6.09. The minimum atomic E-state index is -0.541. The van der Waals surface area contributed by atoms with E-state index >= 15 is 0 Å². The van der Waals surface area contributed by atoms with Gasteiger partial charge in [0.1, 0.15) is 25.5 Å². The molecule has 1 aromatic heterocycles. The van der Waals surface area contributed by atoms with E-state index in [0.717, 1.165) is 0 Å². The van der Waals surface area contributed by atoms with Gasteiger partial charge < -0.3 is 14.8 Å². The molecule has 1 amide bonds. The van der Waals surface area contributed by atoms with Crippen LogP contribution in [0.3, 0.4) is 0 Å². The molecule has 0 radical (unpaired) electrons. The molecule has 5 nitrogen and oxygen atoms in total. The highest BCUT2D eigenvalue weighted by molar-refractivity contribution is 7.12. The molecular weight excluding hydrogens is 361 g/mol. The van der Waals surface area contributed by atoms with Crippen molar-refractivity contribution in [1.82, 2.24) is 5.32 Å². The molecule has 0 unspecified atom stereocenters. The SMILES string of the molecule is O=C(CNC(=O)c1cccs1)OCCOc1ccc(Cl)cc1Cl. The Labute approximate surface area is 147 Å². The van der Waals surface area contributed by atoms with Gasteiger partial charge in [0, 0.05) is 5.02 Å². The molecule has 0 saturated heterocycles. The molecule has 0 aliphatic carbocycles. The largest absolute Gasteiger partial charge is 0.488 e. The van der Waals surface area contributed by atoms with Crippen molar-refractivity contribution < 1.29 is 19.1 Å². The Kier molecular flexibility index (Phi) is 6.70. The van der Waals surface area contributed by atoms with Gasteiger partial charge in [0.15, 0.2) is 0 Å². The van der Waals surface area contributed by atoms with Crippen LogP contribution in [0, 0.1) is 0 Å². The summed E-state index contributed by atoms with van der Waals surface area (Å²) in [6, 6.07) is 8.28. The van der Waals surface area contributed by atoms with Crippen LogP contribution in [0.5, 0.6) is 5.75 Å². The van der Waals surface area contributed by atoms with Crippen LogP contribution in [0.25, 0.3) is 0 Å². The van der Waals surface area contributed by atoms with Crippen LogP contribution in [0.15, 0.2) is 35.7 Å². The number of thiophene rings is 1. The van der Waals surface area contributed by atoms with Crippen molar-refractivity contribution >= 4 is 46.4 Å². The van der Waals surface area contributed by atoms with Crippen molar-refractivity contribution in [3.63, 3.8) is 0 Å². The smallest absolute Gasteiger partial charge is 0.325 e. The number of hydrogen-bond acceptors (Lipinski definition) is 5. The van der Waals surface area contributed by atoms with Crippen LogP contribution in [0.4, 0.5) is 0 Å². The third-order valence-electron chi connectivity index (χ3n) is 2.64. The second-order valence-electron chi connectivity index (χ2n) is 4.30. The van der Waals surface area contributed by atoms with Gasteiger partial charge in [-0.2, -0.15) is 0 Å². The highest BCUT2D eigenvalue weighted by atomic mass is 35.5. The molecular formula is C15H13Cl2NO4S. The van der Waals surface area contributed by atoms with E-state index in [9.17, 15) is 9.59 Å². The topological polar surface area (TPSA) is 64.6 Å². The fraction of sp³-hybridized carbons (Fsp3) is 0.200. The molecule has 0 spiro atoms. The fourth-order valence-electron chi connectivity index (χ4n) is 1.60. The van der Waals surface area contributed by atoms with Gasteiger partial charge in [-0.1, -0.05) is 29.3 Å². The van der Waals surface area contributed by atoms with Gasteiger partial charge >= 0.3 is 5.97 Å². The molecule has 0 saturated carbocycles. The minimum absolute atomic E-state index is 0.0483. The molecule has 23 heavy (non-hydrogen) atoms. The molecule has 1 N–H and O–H groups in total. The number of benzene rings is 1. The summed E-state index contributed by atoms with van der Waals surface area (Å²) >= 11 is 13.0. The Morgan fingerprint density at radius 1 is 1.17 bits per heavy atom. The maximum Gasteiger partial charge on any atom is 0.325 e. The van der Waals surface area contributed by atoms with Crippen LogP contribution in [0.1, 0.15) is 9.67 Å². The van der Waals surface area contributed by atoms with E-state index in [-0.39, 0.29) is 25.7 Å². The third kappa shape index (κ3) is 5.74. The van der Waals surface area contributed by atoms with Crippen molar-refractivity contribution in [2.75, 3.05) is 19.8 Å². The first-order valence-corrected chi connectivity index (χ1v) is 8.25. The van der Waals surface area contributed by atoms with Gasteiger partial charge in [0.25, 0.3) is 5.91 Å². The summed E-state index contributed by atoms with van der Waals surface area (Å²) in [5.41, 5.74) is 0. The Morgan fingerprint density at radius 3 is 2.70 bits per heavy atom. The second kappa shape index (κ2) is 8.76. The van der Waals surface area contributed by atoms with E-state index < -0.39 is 5.97 Å². The number of rotatable bonds is 7. The number of carbonyl (C=O) groups excluding carboxylic acids is 2. The maximum absolute atomic E-state index is 11.6. The lowest BCUT2D eigenvalue weighted by Crippen LogP contribution is -2.30. The fourth-order valence-corrected chi connectivity index (χ4v) is 2.70. The lowest BCUT2D eigenvalue weighted by atomic mass is 10.3. The molecule has 1 heterocycles. The Balaban J connectivity index is 1.64. The summed E-state index contributed by atoms with van der Waals surface area (Å²) in [7, 11) is 0. The van der Waals surface area contributed by atoms with Crippen molar-refractivity contribution in [2.45, 2.75) is 0 Å². The molecule has 0 bridgehead atoms. The van der Waals surface area contributed by atoms with Crippen molar-refractivity contribution in [3.05, 3.63) is 50.6 Å². The zero-order valence-electron chi connectivity index (χ0n) is 11.9. The van der Waals surface area contributed by atoms with Gasteiger partial charge in [0.05, 0.1) is 9.90 Å². The van der Waals surface area contributed by atoms with Crippen LogP contribution in [0.2, 0.25) is 10.0 Å². The average Bonchev–Trinajstić information content (AvgIpc) is 3.05. The molecule has 2 aromatic rings. The lowest BCUT2D eigenvalue weighted by Gasteiger charge is -2.09. The van der Waals surface area contributed by atoms with E-state index in [4.69, 9.17) is 32.7 Å². The summed E-state index contributed by atoms with van der Waals surface area (Å²) in [5.74, 6) is -0.389. The van der Waals surface area contributed by atoms with E-state index in [1.54, 1.807) is 35.7 Å². The van der Waals surface area contributed by atoms with Crippen molar-refractivity contribution in [2.24, 2.45) is 0 Å². The first kappa shape index (κ1) is 17.6. The highest BCUT2D eigenvalue weighted by Gasteiger charge is 2.09. The quantitative estimate of drug-likeness (QED) is 0.596. The van der Waals surface area contributed by atoms with Gasteiger partial charge in [0.2, 0.25) is 0 Å². The van der Waals surface area contributed by atoms with Crippen molar-refractivity contribution in [3.8, 4) is 5.75 Å². The first-order valence-electron chi connectivity index (χ1n) is 6.61. The number of amides is 1. The summed E-state index contributed by atoms with van der Waals surface area (Å²) in [5, 5.41) is 5.15. The highest BCUT2D eigenvalue weighted by Crippen LogP contribution is 2.27. The molecule has 0 aliphatic heterocycles. The van der Waals surface area contributed by atoms with Gasteiger partial charge in [-0.25, -0.2) is 0 Å². The Morgan fingerprint density at radius 2 is 2.00 bits per heavy atom. The maximum atomic E-state index is 11.6. The van der Waals surface area contributed by atoms with Crippen LogP contribution in [-0.2, 0) is 9.53 Å². The third-order valence-corrected chi connectivity index (χ3v) is 4.04. The molecule has 0 atom stereocenters. The predicted octanol–water partition coefficient (Wildman–Crippen LogP) is 3.41. The monoisotopic (exact) mass is 373 g/mol. The minimum Gasteiger partial charge on any atom is -0.488 e. The molecule has 0 fully saturated rings. The molecule has 8 heteroatoms. The lowest BCUT2D eigenvalue weighted by molar-refractivity contribution is -0.143. The molecule has 0 aliphatic rings. The van der Waals surface area contributed by atoms with E-state index in [0.29, 0.717) is 20.7 Å². The number of ether oxygens (including phenoxy) is 2. The number of carbonyl (C=O) groups is 2. The van der Waals surface area contributed by atoms with Gasteiger partial charge in [-0.15, -0.1) is 11.3 Å². The number of esters is 1. The summed E-state index contributed by atoms with van der Waals surface area (Å²) in [6.07, 6.45) is 0. The van der Waals surface area contributed by atoms with Crippen LogP contribution >= 0.6 is 34.5 Å². The first-order chi connectivity index (χ1) is 11.1. The van der Waals surface area contributed by atoms with Gasteiger partial charge in [-0.05, 0) is 29.6 Å². The van der Waals surface area contributed by atoms with E-state index in [1.807, 2.05) is 0 Å². The summed E-state index contributed by atoms with van der Waals surface area (Å²) in [6.45, 7) is -0.00292. The number of hydrogen-bond donors (Lipinski definition) is 1. The Bertz CT molecular complexity index is 676. The van der Waals surface area contributed by atoms with Crippen molar-refractivity contribution in [1.29, 1.82) is 0 Å². The standard InChI is InChI=1S/C15H13Cl2NO4S/c16-10-3-4-12(11(17)8-10)21-5-6-22-14(19)9-18-15(20)13-2-1-7-23-13/h1-4,7-8H,5-6,9H2,(H,18,20). The predicted molar refractivity (Wildman–Crippen MR) is 89.6 cm³/mol. The van der Waals surface area contributed by atoms with E-state index in [2.05, 4.69) is 5.32 Å². The summed E-state index contributed by atoms with van der Waals surface area (Å²) < 4.78 is 10.3. The molecule has 122 valence electrons. The number of nitrogens with one attached hydrogen (secondary N) is 1. The van der Waals surface area contributed by atoms with Crippen LogP contribution in [-0.4, -0.2) is 31.6 Å². The summed E-state index contributed by atoms with van der Waals surface area (Å²) in [4.78, 5) is 23.7. The van der Waals surface area contributed by atoms with E-state index in [1.165, 1.54) is 11.3 Å².